The van der Waals surface area contributed by atoms with Gasteiger partial charge in [0.05, 0.1) is 26.7 Å². The number of halogens is 3. The number of hydrogen-bond acceptors (Lipinski definition) is 13. The van der Waals surface area contributed by atoms with E-state index in [0.29, 0.717) is 22.3 Å². The summed E-state index contributed by atoms with van der Waals surface area (Å²) in [7, 11) is -1.85. The van der Waals surface area contributed by atoms with Gasteiger partial charge in [0.15, 0.2) is 5.69 Å². The molecule has 19 heteroatoms. The molecule has 8 N–H and O–H groups in total. The minimum absolute atomic E-state index is 0.0427. The summed E-state index contributed by atoms with van der Waals surface area (Å²) < 4.78 is 84.2. The van der Waals surface area contributed by atoms with Gasteiger partial charge in [0, 0.05) is 61.2 Å². The monoisotopic (exact) mass is 653 g/mol. The summed E-state index contributed by atoms with van der Waals surface area (Å²) in [6.45, 7) is -0.639. The van der Waals surface area contributed by atoms with Gasteiger partial charge in [-0.3, -0.25) is 10.2 Å². The normalized spacial score (nSPS) is 12.9. The molecule has 0 saturated carbocycles. The quantitative estimate of drug-likeness (QED) is 0.0837. The number of pyridine rings is 1. The number of amides is 1. The van der Waals surface area contributed by atoms with E-state index < -0.39 is 56.9 Å². The summed E-state index contributed by atoms with van der Waals surface area (Å²) in [4.78, 5) is 16.9. The topological polar surface area (TPSA) is 245 Å². The van der Waals surface area contributed by atoms with Crippen LogP contribution in [0.4, 0.5) is 18.9 Å². The van der Waals surface area contributed by atoms with Gasteiger partial charge in [0.1, 0.15) is 28.1 Å². The molecule has 0 radical (unpaired) electrons. The predicted octanol–water partition coefficient (Wildman–Crippen LogP) is 1.81. The smallest absolute Gasteiger partial charge is 0.435 e. The van der Waals surface area contributed by atoms with Gasteiger partial charge in [-0.25, -0.2) is 22.8 Å². The van der Waals surface area contributed by atoms with Crippen molar-refractivity contribution < 1.29 is 40.6 Å². The zero-order valence-corrected chi connectivity index (χ0v) is 24.7. The minimum Gasteiger partial charge on any atom is -0.497 e. The number of alkyl halides is 3. The highest BCUT2D eigenvalue weighted by Crippen LogP contribution is 2.30. The highest BCUT2D eigenvalue weighted by atomic mass is 32.2. The molecule has 3 rings (SSSR count). The average molecular weight is 654 g/mol. The molecule has 0 aliphatic carbocycles. The van der Waals surface area contributed by atoms with Crippen molar-refractivity contribution in [1.82, 2.24) is 19.5 Å². The van der Waals surface area contributed by atoms with Crippen molar-refractivity contribution >= 4 is 39.9 Å². The Morgan fingerprint density at radius 1 is 1.11 bits per heavy atom. The molecule has 242 valence electrons. The van der Waals surface area contributed by atoms with Crippen LogP contribution in [0.1, 0.15) is 33.2 Å². The van der Waals surface area contributed by atoms with Crippen LogP contribution in [0.5, 0.6) is 17.4 Å². The summed E-state index contributed by atoms with van der Waals surface area (Å²) in [6.07, 6.45) is -2.65. The van der Waals surface area contributed by atoms with Gasteiger partial charge in [-0.1, -0.05) is 0 Å². The fourth-order valence-corrected chi connectivity index (χ4v) is 4.94. The largest absolute Gasteiger partial charge is 0.497 e. The van der Waals surface area contributed by atoms with E-state index in [4.69, 9.17) is 41.9 Å². The zero-order valence-electron chi connectivity index (χ0n) is 23.9. The molecule has 0 aliphatic rings. The Morgan fingerprint density at radius 3 is 2.38 bits per heavy atom. The molecule has 2 heterocycles. The molecule has 0 bridgehead atoms. The van der Waals surface area contributed by atoms with Crippen molar-refractivity contribution in [2.45, 2.75) is 23.8 Å². The lowest BCUT2D eigenvalue weighted by Gasteiger charge is -2.18. The van der Waals surface area contributed by atoms with E-state index >= 15 is 0 Å². The maximum absolute atomic E-state index is 13.6. The third-order valence-electron chi connectivity index (χ3n) is 6.25. The Morgan fingerprint density at radius 2 is 1.80 bits per heavy atom. The number of rotatable bonds is 14. The van der Waals surface area contributed by atoms with E-state index in [1.54, 1.807) is 10.8 Å². The molecule has 0 spiro atoms. The minimum atomic E-state index is -4.86. The van der Waals surface area contributed by atoms with Gasteiger partial charge in [0.2, 0.25) is 15.9 Å². The van der Waals surface area contributed by atoms with Crippen molar-refractivity contribution in [2.24, 2.45) is 5.73 Å². The van der Waals surface area contributed by atoms with Crippen LogP contribution >= 0.6 is 0 Å². The van der Waals surface area contributed by atoms with E-state index in [2.05, 4.69) is 10.1 Å². The number of ether oxygens (including phenoxy) is 3. The fraction of sp³-hybridized carbons (Fsp3) is 0.308. The summed E-state index contributed by atoms with van der Waals surface area (Å²) in [5.74, 6) is -2.86. The predicted molar refractivity (Wildman–Crippen MR) is 157 cm³/mol. The molecule has 0 aliphatic heterocycles. The van der Waals surface area contributed by atoms with Gasteiger partial charge < -0.3 is 36.5 Å². The number of sulfonamides is 1. The van der Waals surface area contributed by atoms with Crippen LogP contribution in [-0.4, -0.2) is 80.0 Å². The summed E-state index contributed by atoms with van der Waals surface area (Å²) in [6, 6.07) is 6.38. The molecule has 0 saturated heterocycles. The number of nitrogens with one attached hydrogen (secondary N) is 4. The van der Waals surface area contributed by atoms with Crippen molar-refractivity contribution in [3.8, 4) is 17.4 Å². The second kappa shape index (κ2) is 14.2. The molecular formula is C26H30F3N9O6S. The van der Waals surface area contributed by atoms with Gasteiger partial charge in [-0.05, 0) is 17.7 Å². The molecule has 2 unspecified atom stereocenters. The first kappa shape index (κ1) is 34.5. The Labute approximate surface area is 255 Å². The second-order valence-corrected chi connectivity index (χ2v) is 11.1. The molecule has 15 nitrogen and oxygen atoms in total. The molecule has 1 amide bonds. The lowest BCUT2D eigenvalue weighted by atomic mass is 9.99. The van der Waals surface area contributed by atoms with E-state index in [9.17, 15) is 26.4 Å². The van der Waals surface area contributed by atoms with E-state index in [1.165, 1.54) is 19.2 Å². The van der Waals surface area contributed by atoms with Gasteiger partial charge in [0.25, 0.3) is 5.91 Å². The van der Waals surface area contributed by atoms with Gasteiger partial charge in [-0.15, -0.1) is 0 Å². The molecule has 45 heavy (non-hydrogen) atoms. The first-order valence-corrected chi connectivity index (χ1v) is 14.4. The third-order valence-corrected chi connectivity index (χ3v) is 7.84. The third kappa shape index (κ3) is 8.12. The van der Waals surface area contributed by atoms with Crippen LogP contribution in [-0.2, 0) is 22.6 Å². The number of aromatic nitrogens is 3. The molecule has 0 fully saturated rings. The Kier molecular flexibility index (Phi) is 10.8. The van der Waals surface area contributed by atoms with Crippen molar-refractivity contribution in [2.75, 3.05) is 33.1 Å². The Balaban J connectivity index is 1.95. The number of methoxy groups -OCH3 is 2. The SMILES string of the molecule is COc1cc(N)cc(OCCc2cc(C(F)(F)F)nn2C(=N)C(C=N)c2cnc(OC)c(C(=O)NS(=O)(=O)C(C=N)CN)c2)c1. The maximum atomic E-state index is 13.6. The van der Waals surface area contributed by atoms with E-state index in [-0.39, 0.29) is 35.9 Å². The number of benzene rings is 1. The molecule has 2 atom stereocenters. The standard InChI is InChI=1S/C26H30F3N9O6S/c1-42-17-6-15(33)7-18(9-17)44-4-3-16-8-22(26(27,28)29)36-38(16)23(34)21(12-32)14-5-20(25(43-2)35-13-14)24(39)37-45(40,41)19(10-30)11-31/h5-10,12-13,19,21,30,32,34H,3-4,11,31,33H2,1-2H3,(H,37,39). The highest BCUT2D eigenvalue weighted by molar-refractivity contribution is 7.91. The second-order valence-electron chi connectivity index (χ2n) is 9.24. The number of nitrogens with zero attached hydrogens (tertiary/aromatic N) is 3. The Bertz CT molecular complexity index is 1700. The highest BCUT2D eigenvalue weighted by Gasteiger charge is 2.36. The van der Waals surface area contributed by atoms with E-state index in [1.807, 2.05) is 0 Å². The lowest BCUT2D eigenvalue weighted by Crippen LogP contribution is -2.42. The average Bonchev–Trinajstić information content (AvgIpc) is 3.42. The molecule has 2 aromatic heterocycles. The van der Waals surface area contributed by atoms with Crippen LogP contribution < -0.4 is 30.4 Å². The van der Waals surface area contributed by atoms with Crippen molar-refractivity contribution in [1.29, 1.82) is 16.2 Å². The van der Waals surface area contributed by atoms with Gasteiger partial charge >= 0.3 is 6.18 Å². The van der Waals surface area contributed by atoms with E-state index in [0.717, 1.165) is 31.7 Å². The number of hydrogen-bond donors (Lipinski definition) is 6. The molecule has 1 aromatic carbocycles. The molecular weight excluding hydrogens is 623 g/mol. The van der Waals surface area contributed by atoms with Crippen LogP contribution in [0.2, 0.25) is 0 Å². The number of anilines is 1. The first-order chi connectivity index (χ1) is 21.2. The van der Waals surface area contributed by atoms with Crippen molar-refractivity contribution in [3.63, 3.8) is 0 Å². The summed E-state index contributed by atoms with van der Waals surface area (Å²) in [5, 5.41) is 25.9. The van der Waals surface area contributed by atoms with Gasteiger partial charge in [-0.2, -0.15) is 18.3 Å². The zero-order chi connectivity index (χ0) is 33.5. The van der Waals surface area contributed by atoms with Crippen LogP contribution in [0.15, 0.2) is 36.5 Å². The van der Waals surface area contributed by atoms with Crippen molar-refractivity contribution in [3.05, 3.63) is 59.0 Å². The number of carbonyl (C=O) groups excluding carboxylic acids is 1. The number of nitrogens with two attached hydrogens (primary N) is 2. The summed E-state index contributed by atoms with van der Waals surface area (Å²) >= 11 is 0. The fourth-order valence-electron chi connectivity index (χ4n) is 3.99. The maximum Gasteiger partial charge on any atom is 0.435 e. The first-order valence-electron chi connectivity index (χ1n) is 12.8. The van der Waals surface area contributed by atoms with Crippen LogP contribution in [0, 0.1) is 16.2 Å². The van der Waals surface area contributed by atoms with Crippen LogP contribution in [0.3, 0.4) is 0 Å². The molecule has 3 aromatic rings. The number of carbonyl (C=O) groups is 1. The summed E-state index contributed by atoms with van der Waals surface area (Å²) in [5.41, 5.74) is 9.65. The Hall–Kier alpha value is -5.04. The van der Waals surface area contributed by atoms with Crippen LogP contribution in [0.25, 0.3) is 0 Å². The number of nitrogen functional groups attached to an aromatic ring is 1. The lowest BCUT2D eigenvalue weighted by molar-refractivity contribution is -0.141.